The SMILES string of the molecule is CCSCCCNc1ccc(SC)nc1. The fourth-order valence-electron chi connectivity index (χ4n) is 1.16. The lowest BCUT2D eigenvalue weighted by Crippen LogP contribution is -2.02. The van der Waals surface area contributed by atoms with E-state index in [2.05, 4.69) is 23.3 Å². The fraction of sp³-hybridized carbons (Fsp3) is 0.545. The van der Waals surface area contributed by atoms with Crippen LogP contribution in [-0.2, 0) is 0 Å². The van der Waals surface area contributed by atoms with Crippen LogP contribution in [0.15, 0.2) is 23.4 Å². The number of anilines is 1. The first-order chi connectivity index (χ1) is 7.36. The molecule has 2 nitrogen and oxygen atoms in total. The summed E-state index contributed by atoms with van der Waals surface area (Å²) < 4.78 is 0. The molecule has 0 fully saturated rings. The largest absolute Gasteiger partial charge is 0.384 e. The first kappa shape index (κ1) is 12.7. The average Bonchev–Trinajstić information content (AvgIpc) is 2.30. The van der Waals surface area contributed by atoms with Gasteiger partial charge in [-0.25, -0.2) is 4.98 Å². The molecule has 0 aliphatic heterocycles. The molecule has 0 aromatic carbocycles. The molecule has 0 amide bonds. The summed E-state index contributed by atoms with van der Waals surface area (Å²) in [7, 11) is 0. The van der Waals surface area contributed by atoms with E-state index in [1.807, 2.05) is 30.3 Å². The molecular formula is C11H18N2S2. The van der Waals surface area contributed by atoms with Crippen LogP contribution in [0.25, 0.3) is 0 Å². The number of aromatic nitrogens is 1. The molecule has 0 spiro atoms. The van der Waals surface area contributed by atoms with E-state index in [0.29, 0.717) is 0 Å². The first-order valence-corrected chi connectivity index (χ1v) is 7.56. The van der Waals surface area contributed by atoms with Crippen molar-refractivity contribution < 1.29 is 0 Å². The van der Waals surface area contributed by atoms with Crippen LogP contribution in [0, 0.1) is 0 Å². The van der Waals surface area contributed by atoms with Crippen LogP contribution < -0.4 is 5.32 Å². The van der Waals surface area contributed by atoms with E-state index in [1.54, 1.807) is 11.8 Å². The Morgan fingerprint density at radius 2 is 2.27 bits per heavy atom. The molecule has 0 atom stereocenters. The van der Waals surface area contributed by atoms with Gasteiger partial charge in [0.1, 0.15) is 0 Å². The maximum absolute atomic E-state index is 4.31. The van der Waals surface area contributed by atoms with Crippen molar-refractivity contribution in [3.05, 3.63) is 18.3 Å². The second-order valence-electron chi connectivity index (χ2n) is 3.07. The number of nitrogens with zero attached hydrogens (tertiary/aromatic N) is 1. The van der Waals surface area contributed by atoms with Gasteiger partial charge in [0.25, 0.3) is 0 Å². The molecule has 0 aliphatic rings. The Hall–Kier alpha value is -0.350. The minimum Gasteiger partial charge on any atom is -0.384 e. The van der Waals surface area contributed by atoms with Crippen LogP contribution in [0.2, 0.25) is 0 Å². The van der Waals surface area contributed by atoms with Gasteiger partial charge in [-0.1, -0.05) is 6.92 Å². The van der Waals surface area contributed by atoms with Crippen LogP contribution in [0.1, 0.15) is 13.3 Å². The molecule has 15 heavy (non-hydrogen) atoms. The van der Waals surface area contributed by atoms with Crippen LogP contribution in [0.5, 0.6) is 0 Å². The summed E-state index contributed by atoms with van der Waals surface area (Å²) in [5, 5.41) is 4.44. The highest BCUT2D eigenvalue weighted by Crippen LogP contribution is 2.13. The van der Waals surface area contributed by atoms with E-state index in [0.717, 1.165) is 17.3 Å². The zero-order valence-electron chi connectivity index (χ0n) is 9.32. The normalized spacial score (nSPS) is 10.3. The average molecular weight is 242 g/mol. The molecule has 1 aromatic rings. The van der Waals surface area contributed by atoms with Gasteiger partial charge in [-0.3, -0.25) is 0 Å². The Bertz CT molecular complexity index is 262. The molecule has 4 heteroatoms. The summed E-state index contributed by atoms with van der Waals surface area (Å²) in [6.45, 7) is 3.23. The van der Waals surface area contributed by atoms with Crippen LogP contribution in [0.3, 0.4) is 0 Å². The summed E-state index contributed by atoms with van der Waals surface area (Å²) in [6, 6.07) is 4.14. The van der Waals surface area contributed by atoms with Gasteiger partial charge in [0.15, 0.2) is 0 Å². The van der Waals surface area contributed by atoms with Crippen LogP contribution in [0.4, 0.5) is 5.69 Å². The summed E-state index contributed by atoms with van der Waals surface area (Å²) in [5.74, 6) is 2.45. The predicted octanol–water partition coefficient (Wildman–Crippen LogP) is 3.36. The summed E-state index contributed by atoms with van der Waals surface area (Å²) >= 11 is 3.66. The van der Waals surface area contributed by atoms with Crippen LogP contribution in [-0.4, -0.2) is 29.3 Å². The summed E-state index contributed by atoms with van der Waals surface area (Å²) in [4.78, 5) is 4.31. The van der Waals surface area contributed by atoms with Crippen molar-refractivity contribution in [2.75, 3.05) is 29.6 Å². The molecule has 0 saturated heterocycles. The van der Waals surface area contributed by atoms with Crippen molar-refractivity contribution in [3.63, 3.8) is 0 Å². The summed E-state index contributed by atoms with van der Waals surface area (Å²) in [5.41, 5.74) is 1.12. The minimum absolute atomic E-state index is 1.04. The van der Waals surface area contributed by atoms with Gasteiger partial charge >= 0.3 is 0 Å². The van der Waals surface area contributed by atoms with E-state index in [-0.39, 0.29) is 0 Å². The molecule has 84 valence electrons. The zero-order chi connectivity index (χ0) is 10.9. The summed E-state index contributed by atoms with van der Waals surface area (Å²) in [6.07, 6.45) is 5.15. The monoisotopic (exact) mass is 242 g/mol. The molecule has 1 heterocycles. The number of hydrogen-bond acceptors (Lipinski definition) is 4. The van der Waals surface area contributed by atoms with Gasteiger partial charge in [-0.05, 0) is 36.3 Å². The second-order valence-corrected chi connectivity index (χ2v) is 5.29. The van der Waals surface area contributed by atoms with Crippen molar-refractivity contribution in [1.82, 2.24) is 4.98 Å². The van der Waals surface area contributed by atoms with Gasteiger partial charge in [0.05, 0.1) is 16.9 Å². The Kier molecular flexibility index (Phi) is 6.68. The Labute approximate surface area is 101 Å². The lowest BCUT2D eigenvalue weighted by atomic mass is 10.4. The molecule has 0 saturated carbocycles. The van der Waals surface area contributed by atoms with E-state index in [4.69, 9.17) is 0 Å². The number of pyridine rings is 1. The third-order valence-corrected chi connectivity index (χ3v) is 3.59. The van der Waals surface area contributed by atoms with Crippen molar-refractivity contribution in [3.8, 4) is 0 Å². The maximum atomic E-state index is 4.31. The van der Waals surface area contributed by atoms with Gasteiger partial charge in [-0.15, -0.1) is 11.8 Å². The van der Waals surface area contributed by atoms with Crippen molar-refractivity contribution >= 4 is 29.2 Å². The Morgan fingerprint density at radius 3 is 2.87 bits per heavy atom. The van der Waals surface area contributed by atoms with Gasteiger partial charge < -0.3 is 5.32 Å². The highest BCUT2D eigenvalue weighted by atomic mass is 32.2. The molecule has 0 radical (unpaired) electrons. The number of thioether (sulfide) groups is 2. The third kappa shape index (κ3) is 5.33. The quantitative estimate of drug-likeness (QED) is 0.585. The van der Waals surface area contributed by atoms with Gasteiger partial charge in [0.2, 0.25) is 0 Å². The van der Waals surface area contributed by atoms with E-state index in [1.165, 1.54) is 17.9 Å². The standard InChI is InChI=1S/C11H18N2S2/c1-3-15-8-4-7-12-10-5-6-11(14-2)13-9-10/h5-6,9,12H,3-4,7-8H2,1-2H3. The van der Waals surface area contributed by atoms with Crippen molar-refractivity contribution in [2.24, 2.45) is 0 Å². The lowest BCUT2D eigenvalue weighted by molar-refractivity contribution is 0.985. The smallest absolute Gasteiger partial charge is 0.0958 e. The molecule has 1 aromatic heterocycles. The molecular weight excluding hydrogens is 224 g/mol. The molecule has 1 N–H and O–H groups in total. The minimum atomic E-state index is 1.04. The number of rotatable bonds is 7. The van der Waals surface area contributed by atoms with Crippen LogP contribution >= 0.6 is 23.5 Å². The highest BCUT2D eigenvalue weighted by Gasteiger charge is 1.94. The Balaban J connectivity index is 2.20. The molecule has 1 rings (SSSR count). The highest BCUT2D eigenvalue weighted by molar-refractivity contribution is 7.99. The Morgan fingerprint density at radius 1 is 1.40 bits per heavy atom. The van der Waals surface area contributed by atoms with Gasteiger partial charge in [0, 0.05) is 6.54 Å². The van der Waals surface area contributed by atoms with E-state index in [9.17, 15) is 0 Å². The zero-order valence-corrected chi connectivity index (χ0v) is 11.0. The molecule has 0 bridgehead atoms. The lowest BCUT2D eigenvalue weighted by Gasteiger charge is -2.05. The molecule has 0 aliphatic carbocycles. The van der Waals surface area contributed by atoms with Gasteiger partial charge in [-0.2, -0.15) is 11.8 Å². The van der Waals surface area contributed by atoms with Crippen molar-refractivity contribution in [2.45, 2.75) is 18.4 Å². The van der Waals surface area contributed by atoms with Crippen molar-refractivity contribution in [1.29, 1.82) is 0 Å². The number of hydrogen-bond donors (Lipinski definition) is 1. The topological polar surface area (TPSA) is 24.9 Å². The first-order valence-electron chi connectivity index (χ1n) is 5.18. The van der Waals surface area contributed by atoms with E-state index >= 15 is 0 Å². The second kappa shape index (κ2) is 7.88. The maximum Gasteiger partial charge on any atom is 0.0958 e. The fourth-order valence-corrected chi connectivity index (χ4v) is 2.16. The predicted molar refractivity (Wildman–Crippen MR) is 72.1 cm³/mol. The third-order valence-electron chi connectivity index (χ3n) is 1.94. The van der Waals surface area contributed by atoms with E-state index < -0.39 is 0 Å². The number of nitrogens with one attached hydrogen (secondary N) is 1. The molecule has 0 unspecified atom stereocenters.